The Bertz CT molecular complexity index is 988. The molecule has 9 heteroatoms. The van der Waals surface area contributed by atoms with Gasteiger partial charge >= 0.3 is 0 Å². The van der Waals surface area contributed by atoms with Crippen LogP contribution in [-0.2, 0) is 19.9 Å². The van der Waals surface area contributed by atoms with Gasteiger partial charge in [-0.05, 0) is 29.8 Å². The predicted molar refractivity (Wildman–Crippen MR) is 88.0 cm³/mol. The van der Waals surface area contributed by atoms with Gasteiger partial charge in [-0.2, -0.15) is 0 Å². The van der Waals surface area contributed by atoms with Gasteiger partial charge in [0.25, 0.3) is 0 Å². The quantitative estimate of drug-likeness (QED) is 0.871. The number of hydrogen-bond donors (Lipinski definition) is 1. The molecule has 0 unspecified atom stereocenters. The van der Waals surface area contributed by atoms with Crippen LogP contribution in [0, 0.1) is 0 Å². The molecule has 0 bridgehead atoms. The Kier molecular flexibility index (Phi) is 4.18. The molecule has 3 rings (SSSR count). The monoisotopic (exact) mass is 391 g/mol. The first-order chi connectivity index (χ1) is 10.7. The van der Waals surface area contributed by atoms with Crippen LogP contribution in [0.2, 0.25) is 10.0 Å². The number of hydrogen-bond acceptors (Lipinski definition) is 4. The van der Waals surface area contributed by atoms with Crippen molar-refractivity contribution >= 4 is 43.1 Å². The molecule has 0 aromatic heterocycles. The Morgan fingerprint density at radius 3 is 2.43 bits per heavy atom. The molecule has 1 aliphatic heterocycles. The number of fused-ring (bicyclic) bond motifs is 1. The van der Waals surface area contributed by atoms with E-state index < -0.39 is 25.9 Å². The predicted octanol–water partition coefficient (Wildman–Crippen LogP) is 2.80. The van der Waals surface area contributed by atoms with Gasteiger partial charge in [-0.1, -0.05) is 41.4 Å². The van der Waals surface area contributed by atoms with Crippen LogP contribution < -0.4 is 4.72 Å². The number of sulfonamides is 1. The second-order valence-corrected chi connectivity index (χ2v) is 9.60. The molecule has 0 aliphatic carbocycles. The van der Waals surface area contributed by atoms with Crippen LogP contribution in [0.15, 0.2) is 52.3 Å². The van der Waals surface area contributed by atoms with E-state index in [4.69, 9.17) is 23.2 Å². The summed E-state index contributed by atoms with van der Waals surface area (Å²) in [5.41, 5.74) is 0.441. The third kappa shape index (κ3) is 3.12. The largest absolute Gasteiger partial charge is 0.241 e. The fraction of sp³-hybridized carbons (Fsp3) is 0.143. The van der Waals surface area contributed by atoms with Crippen molar-refractivity contribution in [2.24, 2.45) is 0 Å². The summed E-state index contributed by atoms with van der Waals surface area (Å²) in [4.78, 5) is 0.0792. The van der Waals surface area contributed by atoms with E-state index in [2.05, 4.69) is 4.72 Å². The second kappa shape index (κ2) is 5.75. The van der Waals surface area contributed by atoms with Crippen molar-refractivity contribution in [2.75, 3.05) is 5.75 Å². The number of sulfone groups is 1. The normalized spacial score (nSPS) is 19.5. The molecule has 2 aromatic rings. The van der Waals surface area contributed by atoms with Crippen LogP contribution >= 0.6 is 23.2 Å². The van der Waals surface area contributed by atoms with Crippen molar-refractivity contribution < 1.29 is 16.8 Å². The van der Waals surface area contributed by atoms with Gasteiger partial charge in [-0.15, -0.1) is 0 Å². The van der Waals surface area contributed by atoms with E-state index in [1.54, 1.807) is 18.2 Å². The maximum absolute atomic E-state index is 12.5. The first-order valence-electron chi connectivity index (χ1n) is 6.50. The molecule has 122 valence electrons. The summed E-state index contributed by atoms with van der Waals surface area (Å²) in [5.74, 6) is -0.313. The van der Waals surface area contributed by atoms with Crippen LogP contribution in [0.3, 0.4) is 0 Å². The van der Waals surface area contributed by atoms with Gasteiger partial charge in [-0.25, -0.2) is 21.6 Å². The van der Waals surface area contributed by atoms with E-state index in [0.717, 1.165) is 0 Å². The maximum atomic E-state index is 12.5. The summed E-state index contributed by atoms with van der Waals surface area (Å²) in [6.07, 6.45) is 0. The average Bonchev–Trinajstić information content (AvgIpc) is 2.73. The Hall–Kier alpha value is -1.12. The molecule has 0 fully saturated rings. The zero-order valence-corrected chi connectivity index (χ0v) is 14.7. The minimum absolute atomic E-state index is 0.0753. The van der Waals surface area contributed by atoms with Gasteiger partial charge < -0.3 is 0 Å². The van der Waals surface area contributed by atoms with Crippen LogP contribution in [0.1, 0.15) is 11.6 Å². The molecule has 1 N–H and O–H groups in total. The molecule has 2 aromatic carbocycles. The van der Waals surface area contributed by atoms with Crippen LogP contribution in [-0.4, -0.2) is 22.6 Å². The highest BCUT2D eigenvalue weighted by molar-refractivity contribution is 7.92. The fourth-order valence-electron chi connectivity index (χ4n) is 2.45. The molecule has 23 heavy (non-hydrogen) atoms. The highest BCUT2D eigenvalue weighted by Crippen LogP contribution is 2.34. The molecule has 0 spiro atoms. The molecule has 1 atom stereocenters. The lowest BCUT2D eigenvalue weighted by molar-refractivity contribution is 0.566. The van der Waals surface area contributed by atoms with Crippen molar-refractivity contribution in [3.63, 3.8) is 0 Å². The fourth-order valence-corrected chi connectivity index (χ4v) is 5.89. The molecule has 1 aliphatic rings. The molecular weight excluding hydrogens is 381 g/mol. The van der Waals surface area contributed by atoms with Crippen molar-refractivity contribution in [1.29, 1.82) is 0 Å². The maximum Gasteiger partial charge on any atom is 0.241 e. The Morgan fingerprint density at radius 2 is 1.74 bits per heavy atom. The zero-order chi connectivity index (χ0) is 16.8. The SMILES string of the molecule is O=S1(=O)C[C@H](NS(=O)(=O)c2ccc(Cl)c(Cl)c2)c2ccccc21. The van der Waals surface area contributed by atoms with Crippen molar-refractivity contribution in [1.82, 2.24) is 4.72 Å². The van der Waals surface area contributed by atoms with Gasteiger partial charge in [0.1, 0.15) is 0 Å². The number of halogens is 2. The first kappa shape index (κ1) is 16.7. The third-order valence-electron chi connectivity index (χ3n) is 3.51. The highest BCUT2D eigenvalue weighted by Gasteiger charge is 2.36. The molecule has 0 saturated heterocycles. The minimum Gasteiger partial charge on any atom is -0.224 e. The summed E-state index contributed by atoms with van der Waals surface area (Å²) < 4.78 is 51.6. The minimum atomic E-state index is -3.93. The topological polar surface area (TPSA) is 80.3 Å². The van der Waals surface area contributed by atoms with E-state index >= 15 is 0 Å². The van der Waals surface area contributed by atoms with Gasteiger partial charge in [0, 0.05) is 0 Å². The summed E-state index contributed by atoms with van der Waals surface area (Å²) >= 11 is 11.6. The van der Waals surface area contributed by atoms with Gasteiger partial charge in [0.05, 0.1) is 31.6 Å². The smallest absolute Gasteiger partial charge is 0.224 e. The van der Waals surface area contributed by atoms with E-state index in [1.165, 1.54) is 24.3 Å². The lowest BCUT2D eigenvalue weighted by Crippen LogP contribution is -2.29. The summed E-state index contributed by atoms with van der Waals surface area (Å²) in [6.45, 7) is 0. The van der Waals surface area contributed by atoms with Gasteiger partial charge in [-0.3, -0.25) is 0 Å². The summed E-state index contributed by atoms with van der Waals surface area (Å²) in [5, 5.41) is 0.341. The molecular formula is C14H11Cl2NO4S2. The lowest BCUT2D eigenvalue weighted by Gasteiger charge is -2.13. The number of rotatable bonds is 3. The number of nitrogens with one attached hydrogen (secondary N) is 1. The van der Waals surface area contributed by atoms with Crippen molar-refractivity contribution in [3.8, 4) is 0 Å². The third-order valence-corrected chi connectivity index (χ3v) is 7.54. The average molecular weight is 392 g/mol. The zero-order valence-electron chi connectivity index (χ0n) is 11.5. The van der Waals surface area contributed by atoms with E-state index in [-0.39, 0.29) is 25.6 Å². The van der Waals surface area contributed by atoms with E-state index in [0.29, 0.717) is 5.56 Å². The Balaban J connectivity index is 1.98. The van der Waals surface area contributed by atoms with Gasteiger partial charge in [0.2, 0.25) is 10.0 Å². The summed E-state index contributed by atoms with van der Waals surface area (Å²) in [7, 11) is -7.43. The van der Waals surface area contributed by atoms with Crippen LogP contribution in [0.4, 0.5) is 0 Å². The lowest BCUT2D eigenvalue weighted by atomic mass is 10.1. The summed E-state index contributed by atoms with van der Waals surface area (Å²) in [6, 6.07) is 9.41. The Morgan fingerprint density at radius 1 is 1.04 bits per heavy atom. The van der Waals surface area contributed by atoms with Crippen molar-refractivity contribution in [2.45, 2.75) is 15.8 Å². The molecule has 0 amide bonds. The molecule has 0 saturated carbocycles. The molecule has 0 radical (unpaired) electrons. The first-order valence-corrected chi connectivity index (χ1v) is 10.4. The van der Waals surface area contributed by atoms with Crippen LogP contribution in [0.5, 0.6) is 0 Å². The highest BCUT2D eigenvalue weighted by atomic mass is 35.5. The second-order valence-electron chi connectivity index (χ2n) is 5.07. The van der Waals surface area contributed by atoms with E-state index in [1.807, 2.05) is 0 Å². The molecule has 5 nitrogen and oxygen atoms in total. The standard InChI is InChI=1S/C14H11Cl2NO4S2/c15-11-6-5-9(7-12(11)16)23(20,21)17-13-8-22(18,19)14-4-2-1-3-10(13)14/h1-7,13,17H,8H2/t13-/m0/s1. The number of benzene rings is 2. The van der Waals surface area contributed by atoms with Crippen molar-refractivity contribution in [3.05, 3.63) is 58.1 Å². The van der Waals surface area contributed by atoms with Crippen LogP contribution in [0.25, 0.3) is 0 Å². The van der Waals surface area contributed by atoms with E-state index in [9.17, 15) is 16.8 Å². The van der Waals surface area contributed by atoms with Gasteiger partial charge in [0.15, 0.2) is 9.84 Å². The Labute approximate surface area is 144 Å². The molecule has 1 heterocycles.